The molecular weight excluding hydrogens is 450 g/mol. The predicted molar refractivity (Wildman–Crippen MR) is 120 cm³/mol. The van der Waals surface area contributed by atoms with Gasteiger partial charge in [0.2, 0.25) is 0 Å². The minimum atomic E-state index is -0.322. The SMILES string of the molecule is Oc1c(C(Cc2cc(Cl)c(Cl)cn2)c2cccc(Cl)c2Cl)ccc2cccnc12. The maximum absolute atomic E-state index is 11.0. The number of benzene rings is 2. The second-order valence-corrected chi connectivity index (χ2v) is 8.17. The maximum Gasteiger partial charge on any atom is 0.145 e. The highest BCUT2D eigenvalue weighted by Crippen LogP contribution is 2.41. The van der Waals surface area contributed by atoms with Gasteiger partial charge in [-0.15, -0.1) is 0 Å². The van der Waals surface area contributed by atoms with E-state index in [2.05, 4.69) is 9.97 Å². The van der Waals surface area contributed by atoms with Crippen molar-refractivity contribution in [2.75, 3.05) is 0 Å². The van der Waals surface area contributed by atoms with E-state index in [0.717, 1.165) is 10.9 Å². The van der Waals surface area contributed by atoms with Gasteiger partial charge in [-0.3, -0.25) is 9.97 Å². The maximum atomic E-state index is 11.0. The van der Waals surface area contributed by atoms with Crippen molar-refractivity contribution in [3.8, 4) is 5.75 Å². The fourth-order valence-electron chi connectivity index (χ4n) is 3.38. The fraction of sp³-hybridized carbons (Fsp3) is 0.0909. The molecule has 0 bridgehead atoms. The summed E-state index contributed by atoms with van der Waals surface area (Å²) in [5, 5.41) is 13.5. The van der Waals surface area contributed by atoms with Crippen LogP contribution in [0.25, 0.3) is 10.9 Å². The van der Waals surface area contributed by atoms with Crippen LogP contribution < -0.4 is 0 Å². The number of halogens is 4. The number of pyridine rings is 2. The number of aromatic hydroxyl groups is 1. The van der Waals surface area contributed by atoms with E-state index in [-0.39, 0.29) is 11.7 Å². The second kappa shape index (κ2) is 8.37. The van der Waals surface area contributed by atoms with Crippen molar-refractivity contribution in [1.82, 2.24) is 9.97 Å². The van der Waals surface area contributed by atoms with Gasteiger partial charge in [0.05, 0.1) is 20.1 Å². The van der Waals surface area contributed by atoms with Crippen LogP contribution in [-0.4, -0.2) is 15.1 Å². The van der Waals surface area contributed by atoms with Crippen LogP contribution in [-0.2, 0) is 6.42 Å². The van der Waals surface area contributed by atoms with Crippen LogP contribution in [0.2, 0.25) is 20.1 Å². The zero-order valence-corrected chi connectivity index (χ0v) is 17.9. The molecule has 3 nitrogen and oxygen atoms in total. The van der Waals surface area contributed by atoms with Gasteiger partial charge in [-0.25, -0.2) is 0 Å². The first kappa shape index (κ1) is 20.2. The first-order valence-electron chi connectivity index (χ1n) is 8.76. The number of aromatic nitrogens is 2. The minimum Gasteiger partial charge on any atom is -0.505 e. The van der Waals surface area contributed by atoms with Crippen molar-refractivity contribution in [2.24, 2.45) is 0 Å². The average Bonchev–Trinajstić information content (AvgIpc) is 2.72. The molecule has 0 aliphatic carbocycles. The standard InChI is InChI=1S/C22H14Cl4N2O/c23-17-5-1-4-14(20(17)26)16(9-13-10-18(24)19(25)11-28-13)15-7-6-12-3-2-8-27-21(12)22(15)29/h1-8,10-11,16,29H,9H2. The average molecular weight is 464 g/mol. The van der Waals surface area contributed by atoms with Crippen molar-refractivity contribution in [3.05, 3.63) is 97.8 Å². The van der Waals surface area contributed by atoms with Gasteiger partial charge < -0.3 is 5.11 Å². The molecule has 2 heterocycles. The summed E-state index contributed by atoms with van der Waals surface area (Å²) in [6.07, 6.45) is 3.59. The van der Waals surface area contributed by atoms with Crippen molar-refractivity contribution in [3.63, 3.8) is 0 Å². The number of phenols is 1. The monoisotopic (exact) mass is 462 g/mol. The molecule has 29 heavy (non-hydrogen) atoms. The smallest absolute Gasteiger partial charge is 0.145 e. The molecule has 7 heteroatoms. The van der Waals surface area contributed by atoms with Gasteiger partial charge >= 0.3 is 0 Å². The number of nitrogens with zero attached hydrogens (tertiary/aromatic N) is 2. The Bertz CT molecular complexity index is 1210. The van der Waals surface area contributed by atoms with Crippen molar-refractivity contribution in [1.29, 1.82) is 0 Å². The van der Waals surface area contributed by atoms with Gasteiger partial charge in [0.25, 0.3) is 0 Å². The molecule has 2 aromatic heterocycles. The van der Waals surface area contributed by atoms with Crippen LogP contribution in [0.1, 0.15) is 22.7 Å². The lowest BCUT2D eigenvalue weighted by Gasteiger charge is -2.21. The highest BCUT2D eigenvalue weighted by molar-refractivity contribution is 6.42. The summed E-state index contributed by atoms with van der Waals surface area (Å²) in [5.41, 5.74) is 2.68. The van der Waals surface area contributed by atoms with E-state index in [0.29, 0.717) is 43.3 Å². The van der Waals surface area contributed by atoms with Crippen molar-refractivity contribution in [2.45, 2.75) is 12.3 Å². The Morgan fingerprint density at radius 3 is 2.45 bits per heavy atom. The summed E-state index contributed by atoms with van der Waals surface area (Å²) in [4.78, 5) is 8.71. The first-order chi connectivity index (χ1) is 14.0. The molecule has 146 valence electrons. The molecule has 1 atom stereocenters. The number of fused-ring (bicyclic) bond motifs is 1. The molecule has 0 saturated carbocycles. The summed E-state index contributed by atoms with van der Waals surface area (Å²) in [6, 6.07) is 14.7. The van der Waals surface area contributed by atoms with E-state index < -0.39 is 0 Å². The van der Waals surface area contributed by atoms with E-state index in [1.807, 2.05) is 36.4 Å². The van der Waals surface area contributed by atoms with E-state index in [1.54, 1.807) is 18.3 Å². The number of hydrogen-bond donors (Lipinski definition) is 1. The van der Waals surface area contributed by atoms with E-state index in [4.69, 9.17) is 46.4 Å². The summed E-state index contributed by atoms with van der Waals surface area (Å²) in [6.45, 7) is 0. The highest BCUT2D eigenvalue weighted by Gasteiger charge is 2.24. The summed E-state index contributed by atoms with van der Waals surface area (Å²) in [5.74, 6) is -0.221. The second-order valence-electron chi connectivity index (χ2n) is 6.57. The lowest BCUT2D eigenvalue weighted by molar-refractivity contribution is 0.469. The topological polar surface area (TPSA) is 46.0 Å². The third-order valence-corrected chi connectivity index (χ3v) is 6.33. The number of hydrogen-bond acceptors (Lipinski definition) is 3. The molecule has 0 fully saturated rings. The third kappa shape index (κ3) is 4.01. The molecule has 0 aliphatic heterocycles. The molecule has 4 aromatic rings. The summed E-state index contributed by atoms with van der Waals surface area (Å²) >= 11 is 25.0. The number of phenolic OH excluding ortho intramolecular Hbond substituents is 1. The number of rotatable bonds is 4. The zero-order valence-electron chi connectivity index (χ0n) is 14.9. The Labute approximate surface area is 187 Å². The summed E-state index contributed by atoms with van der Waals surface area (Å²) < 4.78 is 0. The highest BCUT2D eigenvalue weighted by atomic mass is 35.5. The fourth-order valence-corrected chi connectivity index (χ4v) is 4.10. The van der Waals surface area contributed by atoms with Crippen LogP contribution in [0.5, 0.6) is 5.75 Å². The Morgan fingerprint density at radius 2 is 1.66 bits per heavy atom. The largest absolute Gasteiger partial charge is 0.505 e. The van der Waals surface area contributed by atoms with Crippen molar-refractivity contribution < 1.29 is 5.11 Å². The van der Waals surface area contributed by atoms with Gasteiger partial charge in [-0.2, -0.15) is 0 Å². The van der Waals surface area contributed by atoms with Crippen LogP contribution in [0, 0.1) is 0 Å². The Kier molecular flexibility index (Phi) is 5.84. The van der Waals surface area contributed by atoms with Gasteiger partial charge in [0.1, 0.15) is 11.3 Å². The van der Waals surface area contributed by atoms with Gasteiger partial charge in [0, 0.05) is 41.4 Å². The molecule has 0 radical (unpaired) electrons. The molecule has 1 N–H and O–H groups in total. The molecule has 1 unspecified atom stereocenters. The molecule has 0 amide bonds. The molecule has 0 aliphatic rings. The minimum absolute atomic E-state index is 0.101. The Hall–Kier alpha value is -2.04. The van der Waals surface area contributed by atoms with E-state index in [9.17, 15) is 5.11 Å². The molecular formula is C22H14Cl4N2O. The Balaban J connectivity index is 1.89. The van der Waals surface area contributed by atoms with E-state index in [1.165, 1.54) is 6.20 Å². The molecule has 0 saturated heterocycles. The van der Waals surface area contributed by atoms with Crippen LogP contribution in [0.4, 0.5) is 0 Å². The Morgan fingerprint density at radius 1 is 0.828 bits per heavy atom. The predicted octanol–water partition coefficient (Wildman–Crippen LogP) is 7.32. The lowest BCUT2D eigenvalue weighted by Crippen LogP contribution is -2.08. The molecule has 0 spiro atoms. The molecule has 2 aromatic carbocycles. The third-order valence-electron chi connectivity index (χ3n) is 4.79. The lowest BCUT2D eigenvalue weighted by atomic mass is 9.86. The van der Waals surface area contributed by atoms with Gasteiger partial charge in [-0.05, 0) is 23.8 Å². The van der Waals surface area contributed by atoms with Gasteiger partial charge in [-0.1, -0.05) is 76.7 Å². The van der Waals surface area contributed by atoms with Crippen molar-refractivity contribution >= 4 is 57.3 Å². The van der Waals surface area contributed by atoms with Crippen LogP contribution in [0.15, 0.2) is 60.9 Å². The van der Waals surface area contributed by atoms with E-state index >= 15 is 0 Å². The van der Waals surface area contributed by atoms with Crippen LogP contribution in [0.3, 0.4) is 0 Å². The molecule has 4 rings (SSSR count). The van der Waals surface area contributed by atoms with Gasteiger partial charge in [0.15, 0.2) is 0 Å². The quantitative estimate of drug-likeness (QED) is 0.344. The first-order valence-corrected chi connectivity index (χ1v) is 10.3. The summed E-state index contributed by atoms with van der Waals surface area (Å²) in [7, 11) is 0. The zero-order chi connectivity index (χ0) is 20.5. The normalized spacial score (nSPS) is 12.3. The van der Waals surface area contributed by atoms with Crippen LogP contribution >= 0.6 is 46.4 Å².